The van der Waals surface area contributed by atoms with Gasteiger partial charge in [0.1, 0.15) is 0 Å². The Morgan fingerprint density at radius 3 is 2.64 bits per heavy atom. The van der Waals surface area contributed by atoms with Crippen LogP contribution in [0.25, 0.3) is 0 Å². The molecule has 0 aliphatic heterocycles. The third-order valence-electron chi connectivity index (χ3n) is 2.96. The van der Waals surface area contributed by atoms with E-state index in [0.717, 1.165) is 12.0 Å². The average Bonchev–Trinajstić information content (AvgIpc) is 2.26. The van der Waals surface area contributed by atoms with E-state index in [0.29, 0.717) is 0 Å². The van der Waals surface area contributed by atoms with Gasteiger partial charge in [-0.3, -0.25) is 0 Å². The van der Waals surface area contributed by atoms with Gasteiger partial charge in [0.25, 0.3) is 0 Å². The van der Waals surface area contributed by atoms with Gasteiger partial charge in [0, 0.05) is 14.2 Å². The molecular weight excluding hydrogens is 192 g/mol. The zero-order chi connectivity index (χ0) is 10.2. The molecule has 0 bridgehead atoms. The Hall–Kier alpha value is -0.123. The standard InChI is InChI=1S/C11H22O2Si/c1-12-14(13-2)10-6-9-11-7-4-3-5-8-11/h3-4,11,14H,5-10H2,1-2H3. The van der Waals surface area contributed by atoms with E-state index in [9.17, 15) is 0 Å². The Morgan fingerprint density at radius 2 is 2.07 bits per heavy atom. The van der Waals surface area contributed by atoms with Gasteiger partial charge in [-0.25, -0.2) is 0 Å². The fourth-order valence-electron chi connectivity index (χ4n) is 2.02. The molecule has 1 unspecified atom stereocenters. The quantitative estimate of drug-likeness (QED) is 0.500. The van der Waals surface area contributed by atoms with Gasteiger partial charge < -0.3 is 8.85 Å². The highest BCUT2D eigenvalue weighted by Crippen LogP contribution is 2.23. The summed E-state index contributed by atoms with van der Waals surface area (Å²) in [6.07, 6.45) is 11.2. The Labute approximate surface area is 89.1 Å². The van der Waals surface area contributed by atoms with Crippen molar-refractivity contribution in [3.05, 3.63) is 12.2 Å². The van der Waals surface area contributed by atoms with Crippen LogP contribution in [-0.4, -0.2) is 23.5 Å². The molecule has 82 valence electrons. The highest BCUT2D eigenvalue weighted by atomic mass is 28.3. The second kappa shape index (κ2) is 7.21. The number of rotatable bonds is 6. The molecule has 1 aliphatic carbocycles. The molecule has 1 atom stereocenters. The van der Waals surface area contributed by atoms with Crippen LogP contribution in [-0.2, 0) is 8.85 Å². The van der Waals surface area contributed by atoms with Crippen LogP contribution in [0.3, 0.4) is 0 Å². The monoisotopic (exact) mass is 214 g/mol. The minimum atomic E-state index is -1.28. The molecule has 0 N–H and O–H groups in total. The number of hydrogen-bond acceptors (Lipinski definition) is 2. The summed E-state index contributed by atoms with van der Waals surface area (Å²) in [6, 6.07) is 1.16. The average molecular weight is 214 g/mol. The smallest absolute Gasteiger partial charge is 0.320 e. The molecule has 0 aromatic heterocycles. The van der Waals surface area contributed by atoms with Crippen molar-refractivity contribution in [2.45, 2.75) is 38.1 Å². The highest BCUT2D eigenvalue weighted by Gasteiger charge is 2.13. The maximum absolute atomic E-state index is 5.29. The van der Waals surface area contributed by atoms with Gasteiger partial charge in [0.2, 0.25) is 0 Å². The van der Waals surface area contributed by atoms with Gasteiger partial charge in [-0.05, 0) is 31.2 Å². The van der Waals surface area contributed by atoms with Crippen molar-refractivity contribution in [1.82, 2.24) is 0 Å². The Morgan fingerprint density at radius 1 is 1.29 bits per heavy atom. The first-order valence-electron chi connectivity index (χ1n) is 5.57. The van der Waals surface area contributed by atoms with Gasteiger partial charge in [-0.15, -0.1) is 0 Å². The molecule has 0 aromatic rings. The van der Waals surface area contributed by atoms with Crippen LogP contribution in [0.4, 0.5) is 0 Å². The molecule has 14 heavy (non-hydrogen) atoms. The van der Waals surface area contributed by atoms with Gasteiger partial charge in [-0.2, -0.15) is 0 Å². The second-order valence-electron chi connectivity index (χ2n) is 3.98. The van der Waals surface area contributed by atoms with E-state index in [1.807, 2.05) is 0 Å². The molecule has 0 saturated carbocycles. The van der Waals surface area contributed by atoms with E-state index in [4.69, 9.17) is 8.85 Å². The summed E-state index contributed by atoms with van der Waals surface area (Å²) in [4.78, 5) is 0. The molecular formula is C11H22O2Si. The molecule has 0 fully saturated rings. The van der Waals surface area contributed by atoms with Crippen LogP contribution in [0.2, 0.25) is 6.04 Å². The molecule has 2 nitrogen and oxygen atoms in total. The first kappa shape index (κ1) is 11.9. The van der Waals surface area contributed by atoms with Crippen LogP contribution >= 0.6 is 0 Å². The first-order valence-corrected chi connectivity index (χ1v) is 7.33. The van der Waals surface area contributed by atoms with E-state index < -0.39 is 9.28 Å². The zero-order valence-corrected chi connectivity index (χ0v) is 10.5. The molecule has 1 aliphatic rings. The van der Waals surface area contributed by atoms with Crippen LogP contribution in [0, 0.1) is 5.92 Å². The predicted molar refractivity (Wildman–Crippen MR) is 61.7 cm³/mol. The third kappa shape index (κ3) is 4.40. The maximum Gasteiger partial charge on any atom is 0.320 e. The number of allylic oxidation sites excluding steroid dienone is 2. The van der Waals surface area contributed by atoms with E-state index in [1.54, 1.807) is 14.2 Å². The van der Waals surface area contributed by atoms with E-state index in [1.165, 1.54) is 32.1 Å². The minimum absolute atomic E-state index is 0.920. The fraction of sp³-hybridized carbons (Fsp3) is 0.818. The van der Waals surface area contributed by atoms with Crippen LogP contribution in [0.1, 0.15) is 32.1 Å². The largest absolute Gasteiger partial charge is 0.400 e. The molecule has 0 aromatic carbocycles. The lowest BCUT2D eigenvalue weighted by atomic mass is 9.91. The normalized spacial score (nSPS) is 21.8. The van der Waals surface area contributed by atoms with E-state index in [-0.39, 0.29) is 0 Å². The van der Waals surface area contributed by atoms with Crippen LogP contribution < -0.4 is 0 Å². The topological polar surface area (TPSA) is 18.5 Å². The summed E-state index contributed by atoms with van der Waals surface area (Å²) in [5.41, 5.74) is 0. The lowest BCUT2D eigenvalue weighted by Crippen LogP contribution is -2.18. The van der Waals surface area contributed by atoms with Crippen molar-refractivity contribution in [2.24, 2.45) is 5.92 Å². The lowest BCUT2D eigenvalue weighted by Gasteiger charge is -2.18. The lowest BCUT2D eigenvalue weighted by molar-refractivity contribution is 0.274. The summed E-state index contributed by atoms with van der Waals surface area (Å²) in [6.45, 7) is 0. The highest BCUT2D eigenvalue weighted by molar-refractivity contribution is 6.44. The predicted octanol–water partition coefficient (Wildman–Crippen LogP) is 2.64. The van der Waals surface area contributed by atoms with Crippen molar-refractivity contribution < 1.29 is 8.85 Å². The third-order valence-corrected chi connectivity index (χ3v) is 4.89. The Balaban J connectivity index is 2.05. The van der Waals surface area contributed by atoms with Crippen molar-refractivity contribution in [3.63, 3.8) is 0 Å². The van der Waals surface area contributed by atoms with Gasteiger partial charge in [0.15, 0.2) is 0 Å². The summed E-state index contributed by atoms with van der Waals surface area (Å²) >= 11 is 0. The van der Waals surface area contributed by atoms with Crippen molar-refractivity contribution in [2.75, 3.05) is 14.2 Å². The molecule has 0 saturated heterocycles. The Bertz CT molecular complexity index is 167. The van der Waals surface area contributed by atoms with Gasteiger partial charge in [0.05, 0.1) is 0 Å². The molecule has 0 radical (unpaired) electrons. The maximum atomic E-state index is 5.29. The summed E-state index contributed by atoms with van der Waals surface area (Å²) in [5.74, 6) is 0.920. The van der Waals surface area contributed by atoms with Crippen molar-refractivity contribution in [3.8, 4) is 0 Å². The SMILES string of the molecule is CO[SiH](CCCC1CC=CCC1)OC. The van der Waals surface area contributed by atoms with Crippen molar-refractivity contribution >= 4 is 9.28 Å². The zero-order valence-electron chi connectivity index (χ0n) is 9.37. The molecule has 0 heterocycles. The summed E-state index contributed by atoms with van der Waals surface area (Å²) in [7, 11) is 2.25. The van der Waals surface area contributed by atoms with E-state index in [2.05, 4.69) is 12.2 Å². The van der Waals surface area contributed by atoms with E-state index >= 15 is 0 Å². The van der Waals surface area contributed by atoms with Crippen LogP contribution in [0.5, 0.6) is 0 Å². The molecule has 1 rings (SSSR count). The second-order valence-corrected chi connectivity index (χ2v) is 6.36. The molecule has 0 spiro atoms. The number of hydrogen-bond donors (Lipinski definition) is 0. The van der Waals surface area contributed by atoms with Gasteiger partial charge >= 0.3 is 9.28 Å². The minimum Gasteiger partial charge on any atom is -0.400 e. The first-order chi connectivity index (χ1) is 6.86. The molecule has 0 amide bonds. The summed E-state index contributed by atoms with van der Waals surface area (Å²) < 4.78 is 10.6. The molecule has 3 heteroatoms. The van der Waals surface area contributed by atoms with Crippen LogP contribution in [0.15, 0.2) is 12.2 Å². The summed E-state index contributed by atoms with van der Waals surface area (Å²) in [5, 5.41) is 0. The Kier molecular flexibility index (Phi) is 6.15. The van der Waals surface area contributed by atoms with Gasteiger partial charge in [-0.1, -0.05) is 25.0 Å². The fourth-order valence-corrected chi connectivity index (χ4v) is 3.26. The van der Waals surface area contributed by atoms with Crippen molar-refractivity contribution in [1.29, 1.82) is 0 Å².